The Morgan fingerprint density at radius 3 is 2.57 bits per heavy atom. The highest BCUT2D eigenvalue weighted by molar-refractivity contribution is 9.10. The molecule has 2 amide bonds. The number of nitrogens with zero attached hydrogens (tertiary/aromatic N) is 1. The number of carbonyl (C=O) groups is 2. The lowest BCUT2D eigenvalue weighted by atomic mass is 10.1. The van der Waals surface area contributed by atoms with Crippen molar-refractivity contribution in [3.05, 3.63) is 63.1 Å². The van der Waals surface area contributed by atoms with Crippen molar-refractivity contribution in [2.24, 2.45) is 0 Å². The third kappa shape index (κ3) is 5.72. The molecule has 5 nitrogen and oxygen atoms in total. The molecule has 0 heterocycles. The van der Waals surface area contributed by atoms with E-state index in [0.29, 0.717) is 10.8 Å². The summed E-state index contributed by atoms with van der Waals surface area (Å²) in [7, 11) is 1.54. The molecule has 0 bridgehead atoms. The highest BCUT2D eigenvalue weighted by Gasteiger charge is 2.26. The van der Waals surface area contributed by atoms with E-state index in [0.717, 1.165) is 16.5 Å². The van der Waals surface area contributed by atoms with E-state index >= 15 is 0 Å². The largest absolute Gasteiger partial charge is 0.483 e. The minimum atomic E-state index is -0.664. The van der Waals surface area contributed by atoms with Gasteiger partial charge in [-0.05, 0) is 58.6 Å². The first kappa shape index (κ1) is 22.2. The van der Waals surface area contributed by atoms with Crippen molar-refractivity contribution in [3.63, 3.8) is 0 Å². The van der Waals surface area contributed by atoms with Crippen molar-refractivity contribution in [3.8, 4) is 5.75 Å². The Labute approximate surface area is 179 Å². The van der Waals surface area contributed by atoms with E-state index in [-0.39, 0.29) is 25.0 Å². The summed E-state index contributed by atoms with van der Waals surface area (Å²) in [6, 6.07) is 12.3. The Morgan fingerprint density at radius 2 is 1.96 bits per heavy atom. The first-order valence-corrected chi connectivity index (χ1v) is 10.2. The van der Waals surface area contributed by atoms with Gasteiger partial charge in [-0.2, -0.15) is 0 Å². The minimum Gasteiger partial charge on any atom is -0.483 e. The lowest BCUT2D eigenvalue weighted by molar-refractivity contribution is -0.142. The number of amides is 2. The van der Waals surface area contributed by atoms with Crippen molar-refractivity contribution in [2.45, 2.75) is 32.9 Å². The Morgan fingerprint density at radius 1 is 1.25 bits per heavy atom. The van der Waals surface area contributed by atoms with Crippen LogP contribution in [-0.2, 0) is 22.6 Å². The number of carbonyl (C=O) groups excluding carboxylic acids is 2. The first-order valence-electron chi connectivity index (χ1n) is 9.03. The number of benzene rings is 2. The summed E-state index contributed by atoms with van der Waals surface area (Å²) < 4.78 is 6.50. The molecule has 2 aromatic rings. The van der Waals surface area contributed by atoms with Gasteiger partial charge < -0.3 is 15.0 Å². The summed E-state index contributed by atoms with van der Waals surface area (Å²) in [5, 5.41) is 3.13. The summed E-state index contributed by atoms with van der Waals surface area (Å²) in [6.07, 6.45) is 0.910. The Kier molecular flexibility index (Phi) is 8.33. The van der Waals surface area contributed by atoms with Crippen LogP contribution in [0.5, 0.6) is 5.75 Å². The smallest absolute Gasteiger partial charge is 0.261 e. The van der Waals surface area contributed by atoms with E-state index in [1.807, 2.05) is 36.4 Å². The van der Waals surface area contributed by atoms with Crippen LogP contribution in [0.4, 0.5) is 0 Å². The van der Waals surface area contributed by atoms with Crippen LogP contribution in [0, 0.1) is 0 Å². The Bertz CT molecular complexity index is 844. The van der Waals surface area contributed by atoms with Gasteiger partial charge in [0.05, 0.1) is 4.47 Å². The predicted molar refractivity (Wildman–Crippen MR) is 115 cm³/mol. The SMILES string of the molecule is CCc1ccc(OCC(=O)N(Cc2ccccc2Cl)C(C)C(=O)NC)c(Br)c1. The van der Waals surface area contributed by atoms with Gasteiger partial charge in [0.1, 0.15) is 11.8 Å². The standard InChI is InChI=1S/C21H24BrClN2O3/c1-4-15-9-10-19(17(22)11-15)28-13-20(26)25(14(2)21(27)24-3)12-16-7-5-6-8-18(16)23/h5-11,14H,4,12-13H2,1-3H3,(H,24,27). The molecule has 0 aliphatic heterocycles. The van der Waals surface area contributed by atoms with Crippen molar-refractivity contribution in [1.82, 2.24) is 10.2 Å². The molecule has 2 aromatic carbocycles. The molecule has 2 rings (SSSR count). The number of halogens is 2. The van der Waals surface area contributed by atoms with E-state index < -0.39 is 6.04 Å². The molecule has 1 N–H and O–H groups in total. The zero-order valence-electron chi connectivity index (χ0n) is 16.2. The second kappa shape index (κ2) is 10.5. The summed E-state index contributed by atoms with van der Waals surface area (Å²) in [4.78, 5) is 26.5. The fourth-order valence-corrected chi connectivity index (χ4v) is 3.44. The zero-order valence-corrected chi connectivity index (χ0v) is 18.5. The van der Waals surface area contributed by atoms with E-state index in [1.165, 1.54) is 10.5 Å². The molecule has 1 atom stereocenters. The van der Waals surface area contributed by atoms with Crippen LogP contribution in [-0.4, -0.2) is 36.4 Å². The maximum atomic E-state index is 12.9. The predicted octanol–water partition coefficient (Wildman–Crippen LogP) is 4.21. The van der Waals surface area contributed by atoms with Gasteiger partial charge in [0, 0.05) is 18.6 Å². The maximum Gasteiger partial charge on any atom is 0.261 e. The molecule has 0 radical (unpaired) electrons. The first-order chi connectivity index (χ1) is 13.4. The minimum absolute atomic E-state index is 0.185. The van der Waals surface area contributed by atoms with Crippen LogP contribution < -0.4 is 10.1 Å². The van der Waals surface area contributed by atoms with E-state index in [1.54, 1.807) is 20.0 Å². The number of ether oxygens (including phenoxy) is 1. The highest BCUT2D eigenvalue weighted by Crippen LogP contribution is 2.26. The number of hydrogen-bond donors (Lipinski definition) is 1. The average molecular weight is 468 g/mol. The molecule has 7 heteroatoms. The van der Waals surface area contributed by atoms with Crippen LogP contribution >= 0.6 is 27.5 Å². The van der Waals surface area contributed by atoms with Gasteiger partial charge in [0.15, 0.2) is 6.61 Å². The van der Waals surface area contributed by atoms with Crippen LogP contribution in [0.1, 0.15) is 25.0 Å². The van der Waals surface area contributed by atoms with E-state index in [2.05, 4.69) is 28.2 Å². The Hall–Kier alpha value is -2.05. The second-order valence-corrected chi connectivity index (χ2v) is 7.57. The van der Waals surface area contributed by atoms with Crippen LogP contribution in [0.3, 0.4) is 0 Å². The lowest BCUT2D eigenvalue weighted by Crippen LogP contribution is -2.48. The van der Waals surface area contributed by atoms with E-state index in [9.17, 15) is 9.59 Å². The van der Waals surface area contributed by atoms with Gasteiger partial charge in [-0.15, -0.1) is 0 Å². The van der Waals surface area contributed by atoms with Gasteiger partial charge >= 0.3 is 0 Å². The van der Waals surface area contributed by atoms with Gasteiger partial charge in [0.2, 0.25) is 5.91 Å². The molecule has 1 unspecified atom stereocenters. The molecule has 150 valence electrons. The molecular weight excluding hydrogens is 444 g/mol. The number of aryl methyl sites for hydroxylation is 1. The summed E-state index contributed by atoms with van der Waals surface area (Å²) in [5.41, 5.74) is 1.93. The fourth-order valence-electron chi connectivity index (χ4n) is 2.71. The zero-order chi connectivity index (χ0) is 20.7. The maximum absolute atomic E-state index is 12.9. The molecule has 28 heavy (non-hydrogen) atoms. The van der Waals surface area contributed by atoms with Gasteiger partial charge in [-0.1, -0.05) is 42.8 Å². The Balaban J connectivity index is 2.16. The van der Waals surface area contributed by atoms with Crippen molar-refractivity contribution in [1.29, 1.82) is 0 Å². The summed E-state index contributed by atoms with van der Waals surface area (Å²) in [5.74, 6) is 0.0206. The molecule has 0 aliphatic carbocycles. The second-order valence-electron chi connectivity index (χ2n) is 6.31. The third-order valence-electron chi connectivity index (χ3n) is 4.47. The molecule has 0 fully saturated rings. The lowest BCUT2D eigenvalue weighted by Gasteiger charge is -2.28. The van der Waals surface area contributed by atoms with Crippen LogP contribution in [0.2, 0.25) is 5.02 Å². The van der Waals surface area contributed by atoms with Crippen molar-refractivity contribution < 1.29 is 14.3 Å². The highest BCUT2D eigenvalue weighted by atomic mass is 79.9. The summed E-state index contributed by atoms with van der Waals surface area (Å²) >= 11 is 9.71. The molecule has 0 saturated heterocycles. The number of likely N-dealkylation sites (N-methyl/N-ethyl adjacent to an activating group) is 1. The van der Waals surface area contributed by atoms with Crippen molar-refractivity contribution >= 4 is 39.3 Å². The quantitative estimate of drug-likeness (QED) is 0.633. The van der Waals surface area contributed by atoms with Crippen LogP contribution in [0.15, 0.2) is 46.9 Å². The van der Waals surface area contributed by atoms with Gasteiger partial charge in [0.25, 0.3) is 5.91 Å². The van der Waals surface area contributed by atoms with Gasteiger partial charge in [-0.3, -0.25) is 9.59 Å². The van der Waals surface area contributed by atoms with Crippen LogP contribution in [0.25, 0.3) is 0 Å². The molecular formula is C21H24BrClN2O3. The molecule has 0 aromatic heterocycles. The number of hydrogen-bond acceptors (Lipinski definition) is 3. The topological polar surface area (TPSA) is 58.6 Å². The fraction of sp³-hybridized carbons (Fsp3) is 0.333. The average Bonchev–Trinajstić information content (AvgIpc) is 2.70. The van der Waals surface area contributed by atoms with Crippen molar-refractivity contribution in [2.75, 3.05) is 13.7 Å². The molecule has 0 spiro atoms. The molecule has 0 aliphatic rings. The number of nitrogens with one attached hydrogen (secondary N) is 1. The summed E-state index contributed by atoms with van der Waals surface area (Å²) in [6.45, 7) is 3.78. The third-order valence-corrected chi connectivity index (χ3v) is 5.46. The monoisotopic (exact) mass is 466 g/mol. The molecule has 0 saturated carbocycles. The normalized spacial score (nSPS) is 11.6. The number of rotatable bonds is 8. The van der Waals surface area contributed by atoms with Gasteiger partial charge in [-0.25, -0.2) is 0 Å². The van der Waals surface area contributed by atoms with E-state index in [4.69, 9.17) is 16.3 Å².